The van der Waals surface area contributed by atoms with Gasteiger partial charge in [-0.3, -0.25) is 0 Å². The second-order valence-corrected chi connectivity index (χ2v) is 5.95. The molecule has 2 rings (SSSR count). The number of esters is 1. The summed E-state index contributed by atoms with van der Waals surface area (Å²) < 4.78 is 28.8. The zero-order valence-corrected chi connectivity index (χ0v) is 14.1. The van der Waals surface area contributed by atoms with Crippen molar-refractivity contribution in [1.82, 2.24) is 4.98 Å². The number of benzene rings is 1. The van der Waals surface area contributed by atoms with Gasteiger partial charge in [-0.25, -0.2) is 14.2 Å². The largest absolute Gasteiger partial charge is 0.457 e. The minimum Gasteiger partial charge on any atom is -0.457 e. The van der Waals surface area contributed by atoms with Crippen LogP contribution < -0.4 is 0 Å². The molecule has 0 N–H and O–H groups in total. The summed E-state index contributed by atoms with van der Waals surface area (Å²) in [4.78, 5) is 16.1. The summed E-state index contributed by atoms with van der Waals surface area (Å²) in [5, 5.41) is 0. The third-order valence-corrected chi connectivity index (χ3v) is 3.40. The summed E-state index contributed by atoms with van der Waals surface area (Å²) >= 11 is 0. The topological polar surface area (TPSA) is 61.6 Å². The van der Waals surface area contributed by atoms with Crippen LogP contribution in [0.1, 0.15) is 32.9 Å². The van der Waals surface area contributed by atoms with E-state index in [4.69, 9.17) is 13.9 Å². The zero-order valence-electron chi connectivity index (χ0n) is 14.1. The van der Waals surface area contributed by atoms with Crippen LogP contribution in [-0.2, 0) is 20.9 Å². The lowest BCUT2D eigenvalue weighted by Gasteiger charge is -2.12. The maximum Gasteiger partial charge on any atom is 0.335 e. The van der Waals surface area contributed by atoms with Crippen LogP contribution in [0.25, 0.3) is 11.5 Å². The number of oxazole rings is 1. The minimum atomic E-state index is -0.618. The van der Waals surface area contributed by atoms with Crippen LogP contribution in [0.5, 0.6) is 0 Å². The van der Waals surface area contributed by atoms with E-state index in [-0.39, 0.29) is 12.4 Å². The molecule has 1 aromatic heterocycles. The molecule has 0 saturated carbocycles. The lowest BCUT2D eigenvalue weighted by atomic mass is 10.1. The van der Waals surface area contributed by atoms with Gasteiger partial charge in [0.25, 0.3) is 0 Å². The van der Waals surface area contributed by atoms with E-state index in [0.29, 0.717) is 29.7 Å². The molecule has 0 fully saturated rings. The van der Waals surface area contributed by atoms with Crippen molar-refractivity contribution < 1.29 is 23.1 Å². The van der Waals surface area contributed by atoms with Gasteiger partial charge in [0.2, 0.25) is 5.89 Å². The van der Waals surface area contributed by atoms with Crippen molar-refractivity contribution in [2.75, 3.05) is 6.61 Å². The normalized spacial score (nSPS) is 12.4. The quantitative estimate of drug-likeness (QED) is 0.683. The minimum absolute atomic E-state index is 0.00140. The third kappa shape index (κ3) is 5.45. The van der Waals surface area contributed by atoms with Gasteiger partial charge in [-0.05, 0) is 43.5 Å². The number of carbonyl (C=O) groups excluding carboxylic acids is 1. The highest BCUT2D eigenvalue weighted by Crippen LogP contribution is 2.19. The first-order valence-electron chi connectivity index (χ1n) is 7.94. The fourth-order valence-electron chi connectivity index (χ4n) is 1.91. The average molecular weight is 335 g/mol. The van der Waals surface area contributed by atoms with Gasteiger partial charge in [0, 0.05) is 12.2 Å². The number of halogens is 1. The van der Waals surface area contributed by atoms with E-state index in [1.165, 1.54) is 18.4 Å². The Hall–Kier alpha value is -2.21. The average Bonchev–Trinajstić information content (AvgIpc) is 3.01. The maximum absolute atomic E-state index is 12.9. The Bertz CT molecular complexity index is 651. The highest BCUT2D eigenvalue weighted by molar-refractivity contribution is 5.74. The highest BCUT2D eigenvalue weighted by atomic mass is 19.1. The Balaban J connectivity index is 1.82. The molecular weight excluding hydrogens is 313 g/mol. The first kappa shape index (κ1) is 18.1. The summed E-state index contributed by atoms with van der Waals surface area (Å²) in [7, 11) is 0. The van der Waals surface area contributed by atoms with Gasteiger partial charge in [0.15, 0.2) is 6.10 Å². The molecule has 0 aliphatic carbocycles. The second kappa shape index (κ2) is 8.59. The second-order valence-electron chi connectivity index (χ2n) is 5.95. The van der Waals surface area contributed by atoms with E-state index >= 15 is 0 Å². The monoisotopic (exact) mass is 335 g/mol. The Morgan fingerprint density at radius 3 is 2.62 bits per heavy atom. The van der Waals surface area contributed by atoms with Gasteiger partial charge < -0.3 is 13.9 Å². The molecule has 24 heavy (non-hydrogen) atoms. The molecule has 130 valence electrons. The fraction of sp³-hybridized carbons (Fsp3) is 0.444. The summed E-state index contributed by atoms with van der Waals surface area (Å²) in [5.41, 5.74) is 1.14. The molecular formula is C18H22FNO4. The van der Waals surface area contributed by atoms with Gasteiger partial charge in [-0.1, -0.05) is 13.8 Å². The van der Waals surface area contributed by atoms with E-state index in [1.54, 1.807) is 19.1 Å². The number of aromatic nitrogens is 1. The van der Waals surface area contributed by atoms with Crippen molar-refractivity contribution in [2.45, 2.75) is 39.9 Å². The van der Waals surface area contributed by atoms with Crippen molar-refractivity contribution >= 4 is 5.97 Å². The van der Waals surface area contributed by atoms with Gasteiger partial charge in [-0.15, -0.1) is 0 Å². The molecule has 1 unspecified atom stereocenters. The molecule has 0 saturated heterocycles. The molecule has 1 heterocycles. The molecule has 2 aromatic rings. The smallest absolute Gasteiger partial charge is 0.335 e. The number of hydrogen-bond donors (Lipinski definition) is 0. The van der Waals surface area contributed by atoms with Crippen molar-refractivity contribution in [3.8, 4) is 11.5 Å². The first-order valence-corrected chi connectivity index (χ1v) is 7.94. The van der Waals surface area contributed by atoms with Gasteiger partial charge >= 0.3 is 5.97 Å². The van der Waals surface area contributed by atoms with Crippen LogP contribution >= 0.6 is 0 Å². The van der Waals surface area contributed by atoms with Crippen LogP contribution in [0.4, 0.5) is 4.39 Å². The molecule has 0 spiro atoms. The van der Waals surface area contributed by atoms with E-state index in [0.717, 1.165) is 6.42 Å². The Kier molecular flexibility index (Phi) is 6.49. The molecule has 0 amide bonds. The summed E-state index contributed by atoms with van der Waals surface area (Å²) in [6.07, 6.45) is 1.69. The Labute approximate surface area is 140 Å². The number of hydrogen-bond acceptors (Lipinski definition) is 5. The molecule has 0 bridgehead atoms. The van der Waals surface area contributed by atoms with Crippen molar-refractivity contribution in [3.63, 3.8) is 0 Å². The maximum atomic E-state index is 12.9. The molecule has 6 heteroatoms. The predicted molar refractivity (Wildman–Crippen MR) is 86.6 cm³/mol. The molecule has 0 radical (unpaired) electrons. The lowest BCUT2D eigenvalue weighted by molar-refractivity contribution is -0.157. The summed E-state index contributed by atoms with van der Waals surface area (Å²) in [6, 6.07) is 5.80. The number of nitrogens with zero attached hydrogens (tertiary/aromatic N) is 1. The lowest BCUT2D eigenvalue weighted by Crippen LogP contribution is -2.24. The van der Waals surface area contributed by atoms with Crippen LogP contribution in [0.3, 0.4) is 0 Å². The summed E-state index contributed by atoms with van der Waals surface area (Å²) in [5.74, 6) is 0.103. The van der Waals surface area contributed by atoms with E-state index in [1.807, 2.05) is 0 Å². The standard InChI is InChI=1S/C18H22FNO4/c1-12(2)8-9-22-13(3)18(21)24-11-16-10-23-17(20-16)14-4-6-15(19)7-5-14/h4-7,10,12-13H,8-9,11H2,1-3H3. The Morgan fingerprint density at radius 2 is 1.96 bits per heavy atom. The van der Waals surface area contributed by atoms with Crippen LogP contribution in [0, 0.1) is 11.7 Å². The molecule has 0 aliphatic rings. The first-order chi connectivity index (χ1) is 11.5. The van der Waals surface area contributed by atoms with Crippen LogP contribution in [0.15, 0.2) is 34.9 Å². The molecule has 1 aromatic carbocycles. The zero-order chi connectivity index (χ0) is 17.5. The molecule has 0 aliphatic heterocycles. The van der Waals surface area contributed by atoms with E-state index in [2.05, 4.69) is 18.8 Å². The molecule has 1 atom stereocenters. The van der Waals surface area contributed by atoms with Gasteiger partial charge in [0.05, 0.1) is 0 Å². The Morgan fingerprint density at radius 1 is 1.25 bits per heavy atom. The number of ether oxygens (including phenoxy) is 2. The van der Waals surface area contributed by atoms with Crippen molar-refractivity contribution in [2.24, 2.45) is 5.92 Å². The predicted octanol–water partition coefficient (Wildman–Crippen LogP) is 3.98. The van der Waals surface area contributed by atoms with Crippen molar-refractivity contribution in [3.05, 3.63) is 42.0 Å². The van der Waals surface area contributed by atoms with E-state index < -0.39 is 12.1 Å². The number of carbonyl (C=O) groups is 1. The van der Waals surface area contributed by atoms with Gasteiger partial charge in [-0.2, -0.15) is 0 Å². The van der Waals surface area contributed by atoms with Crippen LogP contribution in [-0.4, -0.2) is 23.7 Å². The number of rotatable bonds is 8. The van der Waals surface area contributed by atoms with Crippen LogP contribution in [0.2, 0.25) is 0 Å². The van der Waals surface area contributed by atoms with Gasteiger partial charge in [0.1, 0.15) is 24.4 Å². The third-order valence-electron chi connectivity index (χ3n) is 3.40. The summed E-state index contributed by atoms with van der Waals surface area (Å²) in [6.45, 7) is 6.37. The van der Waals surface area contributed by atoms with Crippen molar-refractivity contribution in [1.29, 1.82) is 0 Å². The molecule has 5 nitrogen and oxygen atoms in total. The fourth-order valence-corrected chi connectivity index (χ4v) is 1.91. The highest BCUT2D eigenvalue weighted by Gasteiger charge is 2.16. The van der Waals surface area contributed by atoms with E-state index in [9.17, 15) is 9.18 Å². The SMILES string of the molecule is CC(C)CCOC(C)C(=O)OCc1coc(-c2ccc(F)cc2)n1.